The van der Waals surface area contributed by atoms with E-state index in [0.29, 0.717) is 12.2 Å². The van der Waals surface area contributed by atoms with Gasteiger partial charge in [0.05, 0.1) is 12.2 Å². The molecule has 0 radical (unpaired) electrons. The van der Waals surface area contributed by atoms with Gasteiger partial charge in [0.1, 0.15) is 0 Å². The second-order valence-electron chi connectivity index (χ2n) is 6.79. The monoisotopic (exact) mass is 280 g/mol. The maximum absolute atomic E-state index is 5.76. The zero-order valence-corrected chi connectivity index (χ0v) is 14.1. The molecule has 0 aromatic rings. The van der Waals surface area contributed by atoms with Crippen molar-refractivity contribution in [1.82, 2.24) is 0 Å². The van der Waals surface area contributed by atoms with Gasteiger partial charge in [-0.3, -0.25) is 0 Å². The third-order valence-corrected chi connectivity index (χ3v) is 4.21. The van der Waals surface area contributed by atoms with Crippen LogP contribution in [0.5, 0.6) is 0 Å². The molecule has 0 bridgehead atoms. The van der Waals surface area contributed by atoms with Crippen molar-refractivity contribution in [3.05, 3.63) is 12.2 Å². The highest BCUT2D eigenvalue weighted by molar-refractivity contribution is 4.87. The van der Waals surface area contributed by atoms with Gasteiger partial charge in [0, 0.05) is 0 Å². The standard InChI is InChI=1S/C19H36O/c1-4-5-6-7-8-9-10-11-15-18-19(20-18)16-13-12-14-17(2)3/h8-9,17-19H,4-7,10-16H2,1-3H3/b9-8-. The van der Waals surface area contributed by atoms with E-state index in [1.807, 2.05) is 0 Å². The van der Waals surface area contributed by atoms with Crippen LogP contribution in [-0.4, -0.2) is 12.2 Å². The first-order valence-corrected chi connectivity index (χ1v) is 9.04. The van der Waals surface area contributed by atoms with Gasteiger partial charge in [-0.05, 0) is 44.4 Å². The maximum Gasteiger partial charge on any atom is 0.0842 e. The van der Waals surface area contributed by atoms with Crippen LogP contribution in [0, 0.1) is 5.92 Å². The van der Waals surface area contributed by atoms with E-state index >= 15 is 0 Å². The van der Waals surface area contributed by atoms with Crippen molar-refractivity contribution in [2.75, 3.05) is 0 Å². The molecule has 1 rings (SSSR count). The third kappa shape index (κ3) is 9.58. The molecule has 0 amide bonds. The van der Waals surface area contributed by atoms with Crippen molar-refractivity contribution in [2.24, 2.45) is 5.92 Å². The lowest BCUT2D eigenvalue weighted by Gasteiger charge is -2.02. The van der Waals surface area contributed by atoms with Gasteiger partial charge in [-0.15, -0.1) is 0 Å². The summed E-state index contributed by atoms with van der Waals surface area (Å²) < 4.78 is 5.76. The van der Waals surface area contributed by atoms with E-state index in [1.54, 1.807) is 0 Å². The number of hydrogen-bond donors (Lipinski definition) is 0. The van der Waals surface area contributed by atoms with Crippen molar-refractivity contribution in [2.45, 2.75) is 104 Å². The van der Waals surface area contributed by atoms with E-state index < -0.39 is 0 Å². The number of hydrogen-bond acceptors (Lipinski definition) is 1. The molecule has 1 heteroatoms. The summed E-state index contributed by atoms with van der Waals surface area (Å²) in [5.74, 6) is 0.857. The van der Waals surface area contributed by atoms with Gasteiger partial charge in [0.25, 0.3) is 0 Å². The average molecular weight is 280 g/mol. The summed E-state index contributed by atoms with van der Waals surface area (Å²) in [6, 6.07) is 0. The molecule has 0 spiro atoms. The van der Waals surface area contributed by atoms with Crippen molar-refractivity contribution >= 4 is 0 Å². The Labute approximate surface area is 127 Å². The molecule has 0 aromatic heterocycles. The highest BCUT2D eigenvalue weighted by atomic mass is 16.6. The molecule has 0 aromatic carbocycles. The number of rotatable bonds is 13. The molecule has 1 fully saturated rings. The van der Waals surface area contributed by atoms with Crippen molar-refractivity contribution in [3.63, 3.8) is 0 Å². The zero-order chi connectivity index (χ0) is 14.6. The van der Waals surface area contributed by atoms with Gasteiger partial charge in [-0.25, -0.2) is 0 Å². The fraction of sp³-hybridized carbons (Fsp3) is 0.895. The lowest BCUT2D eigenvalue weighted by atomic mass is 10.0. The van der Waals surface area contributed by atoms with E-state index in [-0.39, 0.29) is 0 Å². The summed E-state index contributed by atoms with van der Waals surface area (Å²) in [4.78, 5) is 0. The number of epoxide rings is 1. The van der Waals surface area contributed by atoms with Crippen LogP contribution in [0.1, 0.15) is 91.4 Å². The van der Waals surface area contributed by atoms with Crippen LogP contribution in [0.3, 0.4) is 0 Å². The Morgan fingerprint density at radius 2 is 1.50 bits per heavy atom. The lowest BCUT2D eigenvalue weighted by molar-refractivity contribution is 0.348. The first-order valence-electron chi connectivity index (χ1n) is 9.04. The maximum atomic E-state index is 5.76. The first-order chi connectivity index (χ1) is 9.74. The fourth-order valence-electron chi connectivity index (χ4n) is 2.77. The van der Waals surface area contributed by atoms with Crippen molar-refractivity contribution in [1.29, 1.82) is 0 Å². The number of unbranched alkanes of at least 4 members (excludes halogenated alkanes) is 5. The Balaban J connectivity index is 1.83. The third-order valence-electron chi connectivity index (χ3n) is 4.21. The van der Waals surface area contributed by atoms with Crippen LogP contribution in [0.15, 0.2) is 12.2 Å². The van der Waals surface area contributed by atoms with Crippen LogP contribution in [0.4, 0.5) is 0 Å². The molecule has 1 aliphatic rings. The molecule has 118 valence electrons. The van der Waals surface area contributed by atoms with Gasteiger partial charge < -0.3 is 4.74 Å². The van der Waals surface area contributed by atoms with E-state index in [2.05, 4.69) is 32.9 Å². The summed E-state index contributed by atoms with van der Waals surface area (Å²) >= 11 is 0. The van der Waals surface area contributed by atoms with E-state index in [9.17, 15) is 0 Å². The summed E-state index contributed by atoms with van der Waals surface area (Å²) in [5.41, 5.74) is 0. The molecule has 0 saturated carbocycles. The Kier molecular flexibility index (Phi) is 10.1. The summed E-state index contributed by atoms with van der Waals surface area (Å²) in [6.45, 7) is 6.89. The highest BCUT2D eigenvalue weighted by Crippen LogP contribution is 2.31. The number of ether oxygens (including phenoxy) is 1. The topological polar surface area (TPSA) is 12.5 Å². The minimum atomic E-state index is 0.600. The van der Waals surface area contributed by atoms with Crippen LogP contribution in [0.25, 0.3) is 0 Å². The Morgan fingerprint density at radius 3 is 2.15 bits per heavy atom. The Bertz CT molecular complexity index is 244. The molecule has 1 heterocycles. The molecule has 1 aliphatic heterocycles. The van der Waals surface area contributed by atoms with Gasteiger partial charge in [-0.1, -0.05) is 65.0 Å². The van der Waals surface area contributed by atoms with Gasteiger partial charge in [0.15, 0.2) is 0 Å². The first kappa shape index (κ1) is 17.8. The Morgan fingerprint density at radius 1 is 0.850 bits per heavy atom. The second-order valence-corrected chi connectivity index (χ2v) is 6.79. The molecular weight excluding hydrogens is 244 g/mol. The lowest BCUT2D eigenvalue weighted by Crippen LogP contribution is -1.95. The predicted molar refractivity (Wildman–Crippen MR) is 89.1 cm³/mol. The molecule has 1 nitrogen and oxygen atoms in total. The minimum Gasteiger partial charge on any atom is -0.370 e. The Hall–Kier alpha value is -0.300. The normalized spacial score (nSPS) is 22.0. The van der Waals surface area contributed by atoms with Crippen molar-refractivity contribution in [3.8, 4) is 0 Å². The molecule has 0 aliphatic carbocycles. The van der Waals surface area contributed by atoms with E-state index in [0.717, 1.165) is 5.92 Å². The SMILES string of the molecule is CCCCC/C=C\CCCC1OC1CCCCC(C)C. The van der Waals surface area contributed by atoms with Gasteiger partial charge >= 0.3 is 0 Å². The summed E-state index contributed by atoms with van der Waals surface area (Å²) in [6.07, 6.45) is 20.5. The smallest absolute Gasteiger partial charge is 0.0842 e. The molecule has 2 unspecified atom stereocenters. The second kappa shape index (κ2) is 11.4. The minimum absolute atomic E-state index is 0.600. The highest BCUT2D eigenvalue weighted by Gasteiger charge is 2.36. The van der Waals surface area contributed by atoms with Gasteiger partial charge in [-0.2, -0.15) is 0 Å². The molecule has 20 heavy (non-hydrogen) atoms. The average Bonchev–Trinajstić information content (AvgIpc) is 3.16. The molecule has 1 saturated heterocycles. The predicted octanol–water partition coefficient (Wildman–Crippen LogP) is 6.28. The van der Waals surface area contributed by atoms with Crippen LogP contribution >= 0.6 is 0 Å². The molecular formula is C19H36O. The summed E-state index contributed by atoms with van der Waals surface area (Å²) in [5, 5.41) is 0. The van der Waals surface area contributed by atoms with Crippen molar-refractivity contribution < 1.29 is 4.74 Å². The molecule has 2 atom stereocenters. The van der Waals surface area contributed by atoms with Crippen LogP contribution < -0.4 is 0 Å². The number of allylic oxidation sites excluding steroid dienone is 2. The largest absolute Gasteiger partial charge is 0.370 e. The van der Waals surface area contributed by atoms with E-state index in [1.165, 1.54) is 70.6 Å². The molecule has 0 N–H and O–H groups in total. The fourth-order valence-corrected chi connectivity index (χ4v) is 2.77. The van der Waals surface area contributed by atoms with Crippen LogP contribution in [0.2, 0.25) is 0 Å². The van der Waals surface area contributed by atoms with Gasteiger partial charge in [0.2, 0.25) is 0 Å². The van der Waals surface area contributed by atoms with Crippen LogP contribution in [-0.2, 0) is 4.74 Å². The quantitative estimate of drug-likeness (QED) is 0.220. The van der Waals surface area contributed by atoms with E-state index in [4.69, 9.17) is 4.74 Å². The zero-order valence-electron chi connectivity index (χ0n) is 14.1. The summed E-state index contributed by atoms with van der Waals surface area (Å²) in [7, 11) is 0.